The Morgan fingerprint density at radius 3 is 2.74 bits per heavy atom. The Hall–Kier alpha value is -2.84. The minimum Gasteiger partial charge on any atom is -0.378 e. The molecular formula is C23H24FN3O3S. The monoisotopic (exact) mass is 441 g/mol. The molecular weight excluding hydrogens is 417 g/mol. The number of anilines is 1. The van der Waals surface area contributed by atoms with E-state index in [1.54, 1.807) is 30.5 Å². The first kappa shape index (κ1) is 21.4. The lowest BCUT2D eigenvalue weighted by molar-refractivity contribution is -0.121. The number of fused-ring (bicyclic) bond motifs is 1. The number of carbonyl (C=O) groups is 1. The maximum absolute atomic E-state index is 13.6. The molecule has 0 radical (unpaired) electrons. The highest BCUT2D eigenvalue weighted by molar-refractivity contribution is 7.89. The van der Waals surface area contributed by atoms with Crippen molar-refractivity contribution in [3.05, 3.63) is 66.1 Å². The first-order chi connectivity index (χ1) is 14.9. The second-order valence-electron chi connectivity index (χ2n) is 7.79. The number of aryl methyl sites for hydroxylation is 1. The standard InChI is InChI=1S/C23H24FN3O3S/c1-16-13-17-5-4-7-22(23(17)26-14-16)31(29,30)27-12-3-2-6-20(27)21(28)15-25-19-10-8-18(24)9-11-19/h4-5,7-11,13-14,20,25H,2-3,6,12,15H2,1H3. The zero-order valence-corrected chi connectivity index (χ0v) is 18.0. The maximum Gasteiger partial charge on any atom is 0.245 e. The van der Waals surface area contributed by atoms with E-state index in [1.165, 1.54) is 16.4 Å². The van der Waals surface area contributed by atoms with Gasteiger partial charge in [0, 0.05) is 23.8 Å². The molecule has 1 fully saturated rings. The SMILES string of the molecule is Cc1cnc2c(S(=O)(=O)N3CCCCC3C(=O)CNc3ccc(F)cc3)cccc2c1. The van der Waals surface area contributed by atoms with Gasteiger partial charge >= 0.3 is 0 Å². The maximum atomic E-state index is 13.6. The molecule has 4 rings (SSSR count). The van der Waals surface area contributed by atoms with Crippen molar-refractivity contribution in [2.75, 3.05) is 18.4 Å². The lowest BCUT2D eigenvalue weighted by atomic mass is 10.0. The van der Waals surface area contributed by atoms with E-state index in [1.807, 2.05) is 19.1 Å². The van der Waals surface area contributed by atoms with Crippen LogP contribution < -0.4 is 5.32 Å². The van der Waals surface area contributed by atoms with Crippen LogP contribution in [0.1, 0.15) is 24.8 Å². The molecule has 162 valence electrons. The molecule has 0 saturated carbocycles. The van der Waals surface area contributed by atoms with Crippen molar-refractivity contribution in [2.24, 2.45) is 0 Å². The number of nitrogens with zero attached hydrogens (tertiary/aromatic N) is 2. The number of aromatic nitrogens is 1. The number of ketones is 1. The molecule has 8 heteroatoms. The summed E-state index contributed by atoms with van der Waals surface area (Å²) in [6.45, 7) is 2.16. The number of halogens is 1. The molecule has 1 aliphatic heterocycles. The fourth-order valence-corrected chi connectivity index (χ4v) is 5.81. The third kappa shape index (κ3) is 4.45. The highest BCUT2D eigenvalue weighted by atomic mass is 32.2. The van der Waals surface area contributed by atoms with Gasteiger partial charge in [0.15, 0.2) is 5.78 Å². The fourth-order valence-electron chi connectivity index (χ4n) is 3.97. The molecule has 2 heterocycles. The topological polar surface area (TPSA) is 79.4 Å². The van der Waals surface area contributed by atoms with E-state index in [0.717, 1.165) is 17.4 Å². The largest absolute Gasteiger partial charge is 0.378 e. The van der Waals surface area contributed by atoms with Gasteiger partial charge in [-0.05, 0) is 61.7 Å². The first-order valence-corrected chi connectivity index (χ1v) is 11.7. The van der Waals surface area contributed by atoms with E-state index in [-0.39, 0.29) is 29.6 Å². The van der Waals surface area contributed by atoms with Crippen LogP contribution in [-0.2, 0) is 14.8 Å². The second-order valence-corrected chi connectivity index (χ2v) is 9.65. The van der Waals surface area contributed by atoms with Gasteiger partial charge in [0.05, 0.1) is 18.1 Å². The number of hydrogen-bond donors (Lipinski definition) is 1. The third-order valence-corrected chi connectivity index (χ3v) is 7.47. The zero-order valence-electron chi connectivity index (χ0n) is 17.2. The quantitative estimate of drug-likeness (QED) is 0.628. The van der Waals surface area contributed by atoms with Crippen LogP contribution in [0.2, 0.25) is 0 Å². The number of Topliss-reactive ketones (excluding diaryl/α,β-unsaturated/α-hetero) is 1. The average molecular weight is 442 g/mol. The number of nitrogens with one attached hydrogen (secondary N) is 1. The van der Waals surface area contributed by atoms with Crippen LogP contribution in [-0.4, -0.2) is 42.6 Å². The van der Waals surface area contributed by atoms with Gasteiger partial charge in [-0.25, -0.2) is 12.8 Å². The normalized spacial score (nSPS) is 17.5. The lowest BCUT2D eigenvalue weighted by Crippen LogP contribution is -2.49. The van der Waals surface area contributed by atoms with Gasteiger partial charge in [-0.3, -0.25) is 9.78 Å². The Bertz CT molecular complexity index is 1210. The Morgan fingerprint density at radius 1 is 1.19 bits per heavy atom. The van der Waals surface area contributed by atoms with Crippen LogP contribution in [0.25, 0.3) is 10.9 Å². The Kier molecular flexibility index (Phi) is 6.02. The van der Waals surface area contributed by atoms with E-state index in [0.29, 0.717) is 24.0 Å². The summed E-state index contributed by atoms with van der Waals surface area (Å²) < 4.78 is 41.6. The predicted molar refractivity (Wildman–Crippen MR) is 118 cm³/mol. The lowest BCUT2D eigenvalue weighted by Gasteiger charge is -2.34. The predicted octanol–water partition coefficient (Wildman–Crippen LogP) is 3.91. The van der Waals surface area contributed by atoms with Crippen LogP contribution in [0, 0.1) is 12.7 Å². The molecule has 1 unspecified atom stereocenters. The van der Waals surface area contributed by atoms with Gasteiger partial charge in [0.1, 0.15) is 10.7 Å². The molecule has 31 heavy (non-hydrogen) atoms. The van der Waals surface area contributed by atoms with Crippen molar-refractivity contribution in [1.82, 2.24) is 9.29 Å². The second kappa shape index (κ2) is 8.72. The van der Waals surface area contributed by atoms with Gasteiger partial charge in [-0.1, -0.05) is 18.6 Å². The number of pyridine rings is 1. The number of sulfonamides is 1. The number of hydrogen-bond acceptors (Lipinski definition) is 5. The third-order valence-electron chi connectivity index (χ3n) is 5.53. The molecule has 0 spiro atoms. The van der Waals surface area contributed by atoms with Crippen LogP contribution in [0.5, 0.6) is 0 Å². The Balaban J connectivity index is 1.60. The number of para-hydroxylation sites is 1. The molecule has 1 N–H and O–H groups in total. The summed E-state index contributed by atoms with van der Waals surface area (Å²) in [4.78, 5) is 17.5. The molecule has 1 atom stereocenters. The van der Waals surface area contributed by atoms with E-state index < -0.39 is 16.1 Å². The Morgan fingerprint density at radius 2 is 1.97 bits per heavy atom. The number of benzene rings is 2. The molecule has 2 aromatic carbocycles. The molecule has 0 amide bonds. The van der Waals surface area contributed by atoms with Gasteiger partial charge in [-0.15, -0.1) is 0 Å². The van der Waals surface area contributed by atoms with Crippen LogP contribution in [0.3, 0.4) is 0 Å². The minimum absolute atomic E-state index is 0.0324. The summed E-state index contributed by atoms with van der Waals surface area (Å²) in [7, 11) is -3.91. The van der Waals surface area contributed by atoms with Crippen molar-refractivity contribution in [1.29, 1.82) is 0 Å². The minimum atomic E-state index is -3.91. The molecule has 1 aliphatic rings. The highest BCUT2D eigenvalue weighted by Crippen LogP contribution is 2.30. The van der Waals surface area contributed by atoms with Crippen molar-refractivity contribution in [3.8, 4) is 0 Å². The summed E-state index contributed by atoms with van der Waals surface area (Å²) in [5, 5.41) is 3.72. The van der Waals surface area contributed by atoms with Crippen LogP contribution in [0.4, 0.5) is 10.1 Å². The summed E-state index contributed by atoms with van der Waals surface area (Å²) >= 11 is 0. The summed E-state index contributed by atoms with van der Waals surface area (Å²) in [5.41, 5.74) is 1.96. The molecule has 6 nitrogen and oxygen atoms in total. The molecule has 0 bridgehead atoms. The van der Waals surface area contributed by atoms with E-state index >= 15 is 0 Å². The smallest absolute Gasteiger partial charge is 0.245 e. The first-order valence-electron chi connectivity index (χ1n) is 10.3. The van der Waals surface area contributed by atoms with Crippen molar-refractivity contribution < 1.29 is 17.6 Å². The van der Waals surface area contributed by atoms with E-state index in [2.05, 4.69) is 10.3 Å². The number of piperidine rings is 1. The highest BCUT2D eigenvalue weighted by Gasteiger charge is 2.38. The van der Waals surface area contributed by atoms with Gasteiger partial charge in [0.25, 0.3) is 0 Å². The van der Waals surface area contributed by atoms with Crippen molar-refractivity contribution in [2.45, 2.75) is 37.1 Å². The molecule has 1 aromatic heterocycles. The molecule has 0 aliphatic carbocycles. The van der Waals surface area contributed by atoms with Gasteiger partial charge < -0.3 is 5.32 Å². The summed E-state index contributed by atoms with van der Waals surface area (Å²) in [5.74, 6) is -0.572. The van der Waals surface area contributed by atoms with Crippen LogP contribution in [0.15, 0.2) is 59.6 Å². The van der Waals surface area contributed by atoms with Gasteiger partial charge in [0.2, 0.25) is 10.0 Å². The van der Waals surface area contributed by atoms with Crippen LogP contribution >= 0.6 is 0 Å². The zero-order chi connectivity index (χ0) is 22.0. The Labute approximate surface area is 181 Å². The molecule has 1 saturated heterocycles. The average Bonchev–Trinajstić information content (AvgIpc) is 2.78. The van der Waals surface area contributed by atoms with E-state index in [4.69, 9.17) is 0 Å². The van der Waals surface area contributed by atoms with E-state index in [9.17, 15) is 17.6 Å². The summed E-state index contributed by atoms with van der Waals surface area (Å²) in [6, 6.07) is 11.9. The number of rotatable bonds is 6. The number of carbonyl (C=O) groups excluding carboxylic acids is 1. The van der Waals surface area contributed by atoms with Crippen molar-refractivity contribution >= 4 is 32.4 Å². The molecule has 3 aromatic rings. The van der Waals surface area contributed by atoms with Gasteiger partial charge in [-0.2, -0.15) is 4.31 Å². The fraction of sp³-hybridized carbons (Fsp3) is 0.304. The summed E-state index contributed by atoms with van der Waals surface area (Å²) in [6.07, 6.45) is 3.60. The van der Waals surface area contributed by atoms with Crippen molar-refractivity contribution in [3.63, 3.8) is 0 Å².